The molecule has 6 heteroatoms. The molecule has 1 atom stereocenters. The second-order valence-electron chi connectivity index (χ2n) is 8.65. The zero-order chi connectivity index (χ0) is 21.9. The number of carboxylic acids is 1. The van der Waals surface area contributed by atoms with Gasteiger partial charge in [-0.2, -0.15) is 0 Å². The second-order valence-corrected chi connectivity index (χ2v) is 8.65. The third kappa shape index (κ3) is 7.88. The van der Waals surface area contributed by atoms with Crippen LogP contribution in [0.3, 0.4) is 0 Å². The van der Waals surface area contributed by atoms with Crippen molar-refractivity contribution < 1.29 is 14.7 Å². The number of rotatable bonds is 10. The molecular formula is C24H39N3O3. The van der Waals surface area contributed by atoms with E-state index in [4.69, 9.17) is 5.11 Å². The largest absolute Gasteiger partial charge is 0.481 e. The van der Waals surface area contributed by atoms with Crippen LogP contribution in [0, 0.1) is 5.92 Å². The molecule has 1 aliphatic carbocycles. The van der Waals surface area contributed by atoms with E-state index in [1.165, 1.54) is 19.3 Å². The SMILES string of the molecule is C=C(NCCC)/C(=C\C=C(/C)N1CCCC(CC(=O)O)C1)C(=O)NC1CCCCC1. The van der Waals surface area contributed by atoms with E-state index in [9.17, 15) is 9.59 Å². The van der Waals surface area contributed by atoms with Crippen molar-refractivity contribution in [1.82, 2.24) is 15.5 Å². The molecule has 3 N–H and O–H groups in total. The van der Waals surface area contributed by atoms with Gasteiger partial charge in [-0.05, 0) is 57.1 Å². The Hall–Kier alpha value is -2.24. The highest BCUT2D eigenvalue weighted by Crippen LogP contribution is 2.23. The maximum absolute atomic E-state index is 13.0. The lowest BCUT2D eigenvalue weighted by Gasteiger charge is -2.34. The van der Waals surface area contributed by atoms with Gasteiger partial charge >= 0.3 is 5.97 Å². The highest BCUT2D eigenvalue weighted by Gasteiger charge is 2.22. The predicted molar refractivity (Wildman–Crippen MR) is 121 cm³/mol. The van der Waals surface area contributed by atoms with Crippen LogP contribution in [0.25, 0.3) is 0 Å². The highest BCUT2D eigenvalue weighted by molar-refractivity contribution is 5.98. The van der Waals surface area contributed by atoms with E-state index >= 15 is 0 Å². The number of allylic oxidation sites excluding steroid dienone is 3. The summed E-state index contributed by atoms with van der Waals surface area (Å²) < 4.78 is 0. The van der Waals surface area contributed by atoms with Crippen LogP contribution in [0.5, 0.6) is 0 Å². The molecule has 0 aromatic heterocycles. The molecule has 0 aromatic rings. The van der Waals surface area contributed by atoms with Crippen molar-refractivity contribution in [2.24, 2.45) is 5.92 Å². The number of likely N-dealkylation sites (tertiary alicyclic amines) is 1. The molecule has 0 aromatic carbocycles. The van der Waals surface area contributed by atoms with Crippen molar-refractivity contribution in [3.8, 4) is 0 Å². The van der Waals surface area contributed by atoms with Crippen molar-refractivity contribution in [1.29, 1.82) is 0 Å². The highest BCUT2D eigenvalue weighted by atomic mass is 16.4. The average Bonchev–Trinajstić information content (AvgIpc) is 2.72. The van der Waals surface area contributed by atoms with Crippen LogP contribution in [0.2, 0.25) is 0 Å². The fraction of sp³-hybridized carbons (Fsp3) is 0.667. The summed E-state index contributed by atoms with van der Waals surface area (Å²) in [6, 6.07) is 0.248. The maximum Gasteiger partial charge on any atom is 0.303 e. The topological polar surface area (TPSA) is 81.7 Å². The predicted octanol–water partition coefficient (Wildman–Crippen LogP) is 3.97. The van der Waals surface area contributed by atoms with E-state index in [-0.39, 0.29) is 24.3 Å². The second kappa shape index (κ2) is 12.5. The third-order valence-electron chi connectivity index (χ3n) is 6.07. The van der Waals surface area contributed by atoms with Gasteiger partial charge in [0, 0.05) is 43.5 Å². The summed E-state index contributed by atoms with van der Waals surface area (Å²) >= 11 is 0. The lowest BCUT2D eigenvalue weighted by Crippen LogP contribution is -2.38. The standard InChI is InChI=1S/C24H39N3O3/c1-4-14-25-19(3)22(24(30)26-21-10-6-5-7-11-21)13-12-18(2)27-15-8-9-20(17-27)16-23(28)29/h12-13,20-21,25H,3-11,14-17H2,1-2H3,(H,26,30)(H,28,29)/b18-12+,22-13+. The minimum absolute atomic E-state index is 0.0676. The van der Waals surface area contributed by atoms with Gasteiger partial charge in [-0.3, -0.25) is 9.59 Å². The lowest BCUT2D eigenvalue weighted by atomic mass is 9.94. The van der Waals surface area contributed by atoms with Gasteiger partial charge in [-0.15, -0.1) is 0 Å². The van der Waals surface area contributed by atoms with Gasteiger partial charge in [0.2, 0.25) is 0 Å². The summed E-state index contributed by atoms with van der Waals surface area (Å²) in [4.78, 5) is 26.3. The van der Waals surface area contributed by atoms with Gasteiger partial charge in [0.15, 0.2) is 0 Å². The molecule has 168 valence electrons. The van der Waals surface area contributed by atoms with Gasteiger partial charge in [0.25, 0.3) is 5.91 Å². The normalized spacial score (nSPS) is 21.3. The number of nitrogens with zero attached hydrogens (tertiary/aromatic N) is 1. The number of hydrogen-bond acceptors (Lipinski definition) is 4. The Morgan fingerprint density at radius 3 is 2.53 bits per heavy atom. The van der Waals surface area contributed by atoms with Gasteiger partial charge in [-0.25, -0.2) is 0 Å². The number of carboxylic acid groups (broad SMARTS) is 1. The van der Waals surface area contributed by atoms with Gasteiger partial charge < -0.3 is 20.6 Å². The molecule has 1 saturated carbocycles. The summed E-state index contributed by atoms with van der Waals surface area (Å²) in [5, 5.41) is 15.5. The van der Waals surface area contributed by atoms with Crippen LogP contribution < -0.4 is 10.6 Å². The van der Waals surface area contributed by atoms with Crippen molar-refractivity contribution in [3.63, 3.8) is 0 Å². The molecule has 1 aliphatic heterocycles. The molecule has 2 rings (SSSR count). The number of amides is 1. The number of hydrogen-bond donors (Lipinski definition) is 3. The Morgan fingerprint density at radius 2 is 1.87 bits per heavy atom. The van der Waals surface area contributed by atoms with E-state index < -0.39 is 5.97 Å². The molecule has 2 aliphatic rings. The average molecular weight is 418 g/mol. The minimum Gasteiger partial charge on any atom is -0.481 e. The maximum atomic E-state index is 13.0. The minimum atomic E-state index is -0.733. The molecule has 1 amide bonds. The van der Waals surface area contributed by atoms with Crippen LogP contribution in [0.1, 0.15) is 71.6 Å². The summed E-state index contributed by atoms with van der Waals surface area (Å²) in [5.41, 5.74) is 2.28. The van der Waals surface area contributed by atoms with Gasteiger partial charge in [0.1, 0.15) is 0 Å². The van der Waals surface area contributed by atoms with Crippen molar-refractivity contribution >= 4 is 11.9 Å². The number of aliphatic carboxylic acids is 1. The Bertz CT molecular complexity index is 663. The smallest absolute Gasteiger partial charge is 0.303 e. The van der Waals surface area contributed by atoms with Crippen molar-refractivity contribution in [2.45, 2.75) is 77.7 Å². The van der Waals surface area contributed by atoms with Crippen molar-refractivity contribution in [2.75, 3.05) is 19.6 Å². The van der Waals surface area contributed by atoms with Crippen LogP contribution in [0.15, 0.2) is 35.7 Å². The number of piperidine rings is 1. The lowest BCUT2D eigenvalue weighted by molar-refractivity contribution is -0.138. The zero-order valence-electron chi connectivity index (χ0n) is 18.7. The molecule has 1 saturated heterocycles. The number of nitrogens with one attached hydrogen (secondary N) is 2. The Kier molecular flexibility index (Phi) is 9.98. The fourth-order valence-corrected chi connectivity index (χ4v) is 4.30. The van der Waals surface area contributed by atoms with Crippen molar-refractivity contribution in [3.05, 3.63) is 35.7 Å². The Balaban J connectivity index is 2.09. The molecule has 0 spiro atoms. The molecule has 0 radical (unpaired) electrons. The third-order valence-corrected chi connectivity index (χ3v) is 6.07. The van der Waals surface area contributed by atoms with Gasteiger partial charge in [0.05, 0.1) is 5.57 Å². The monoisotopic (exact) mass is 417 g/mol. The molecule has 30 heavy (non-hydrogen) atoms. The Labute approximate surface area is 181 Å². The molecule has 1 unspecified atom stereocenters. The first-order chi connectivity index (χ1) is 14.4. The first-order valence-corrected chi connectivity index (χ1v) is 11.5. The van der Waals surface area contributed by atoms with Crippen LogP contribution in [-0.4, -0.2) is 47.6 Å². The molecule has 1 heterocycles. The summed E-state index contributed by atoms with van der Waals surface area (Å²) in [5.74, 6) is -0.621. The van der Waals surface area contributed by atoms with E-state index in [2.05, 4.69) is 29.0 Å². The summed E-state index contributed by atoms with van der Waals surface area (Å²) in [6.07, 6.45) is 12.6. The molecule has 6 nitrogen and oxygen atoms in total. The van der Waals surface area contributed by atoms with Crippen LogP contribution >= 0.6 is 0 Å². The fourth-order valence-electron chi connectivity index (χ4n) is 4.30. The van der Waals surface area contributed by atoms with E-state index in [0.717, 1.165) is 57.4 Å². The number of carbonyl (C=O) groups is 2. The summed E-state index contributed by atoms with van der Waals surface area (Å²) in [7, 11) is 0. The zero-order valence-corrected chi connectivity index (χ0v) is 18.7. The van der Waals surface area contributed by atoms with Gasteiger partial charge in [-0.1, -0.05) is 32.8 Å². The summed E-state index contributed by atoms with van der Waals surface area (Å²) in [6.45, 7) is 10.7. The van der Waals surface area contributed by atoms with E-state index in [0.29, 0.717) is 11.3 Å². The molecule has 0 bridgehead atoms. The molecular weight excluding hydrogens is 378 g/mol. The first-order valence-electron chi connectivity index (χ1n) is 11.5. The van der Waals surface area contributed by atoms with E-state index in [1.807, 2.05) is 19.1 Å². The first kappa shape index (κ1) is 24.0. The molecule has 2 fully saturated rings. The van der Waals surface area contributed by atoms with E-state index in [1.54, 1.807) is 0 Å². The number of carbonyl (C=O) groups excluding carboxylic acids is 1. The quantitative estimate of drug-likeness (QED) is 0.370. The Morgan fingerprint density at radius 1 is 1.13 bits per heavy atom. The van der Waals surface area contributed by atoms with Crippen LogP contribution in [-0.2, 0) is 9.59 Å². The van der Waals surface area contributed by atoms with Crippen LogP contribution in [0.4, 0.5) is 0 Å².